The molecule has 0 radical (unpaired) electrons. The zero-order valence-corrected chi connectivity index (χ0v) is 17.9. The van der Waals surface area contributed by atoms with Crippen molar-refractivity contribution in [2.24, 2.45) is 0 Å². The lowest BCUT2D eigenvalue weighted by molar-refractivity contribution is 0.414. The van der Waals surface area contributed by atoms with Gasteiger partial charge in [-0.2, -0.15) is 0 Å². The number of methoxy groups -OCH3 is 2. The Labute approximate surface area is 179 Å². The number of rotatable bonds is 5. The summed E-state index contributed by atoms with van der Waals surface area (Å²) in [4.78, 5) is 0. The van der Waals surface area contributed by atoms with Gasteiger partial charge >= 0.3 is 0 Å². The second kappa shape index (κ2) is 8.54. The van der Waals surface area contributed by atoms with Crippen LogP contribution in [-0.4, -0.2) is 14.2 Å². The molecule has 29 heavy (non-hydrogen) atoms. The second-order valence-electron chi connectivity index (χ2n) is 6.72. The van der Waals surface area contributed by atoms with Crippen molar-refractivity contribution in [3.05, 3.63) is 95.5 Å². The van der Waals surface area contributed by atoms with Crippen molar-refractivity contribution in [3.63, 3.8) is 0 Å². The van der Waals surface area contributed by atoms with E-state index in [2.05, 4.69) is 82.7 Å². The molecule has 4 aromatic carbocycles. The van der Waals surface area contributed by atoms with Gasteiger partial charge in [-0.1, -0.05) is 64.5 Å². The van der Waals surface area contributed by atoms with E-state index < -0.39 is 0 Å². The molecule has 0 heterocycles. The third-order valence-electron chi connectivity index (χ3n) is 5.00. The molecule has 144 valence electrons. The van der Waals surface area contributed by atoms with Gasteiger partial charge in [-0.15, -0.1) is 0 Å². The van der Waals surface area contributed by atoms with E-state index in [-0.39, 0.29) is 0 Å². The van der Waals surface area contributed by atoms with Gasteiger partial charge in [-0.3, -0.25) is 0 Å². The molecule has 0 fully saturated rings. The van der Waals surface area contributed by atoms with Crippen LogP contribution in [-0.2, 0) is 0 Å². The molecule has 0 aliphatic carbocycles. The molecule has 0 N–H and O–H groups in total. The minimum absolute atomic E-state index is 0.851. The van der Waals surface area contributed by atoms with Crippen molar-refractivity contribution >= 4 is 15.9 Å². The Balaban J connectivity index is 1.85. The molecule has 0 aliphatic rings. The predicted molar refractivity (Wildman–Crippen MR) is 124 cm³/mol. The first-order chi connectivity index (χ1) is 14.2. The Morgan fingerprint density at radius 3 is 1.45 bits per heavy atom. The van der Waals surface area contributed by atoms with Crippen molar-refractivity contribution in [3.8, 4) is 44.9 Å². The van der Waals surface area contributed by atoms with E-state index in [1.807, 2.05) is 24.3 Å². The van der Waals surface area contributed by atoms with Crippen molar-refractivity contribution < 1.29 is 9.47 Å². The van der Waals surface area contributed by atoms with E-state index in [4.69, 9.17) is 9.47 Å². The molecule has 0 aliphatic heterocycles. The largest absolute Gasteiger partial charge is 0.497 e. The van der Waals surface area contributed by atoms with E-state index in [9.17, 15) is 0 Å². The molecule has 0 saturated heterocycles. The number of hydrogen-bond acceptors (Lipinski definition) is 2. The highest BCUT2D eigenvalue weighted by atomic mass is 79.9. The van der Waals surface area contributed by atoms with Crippen LogP contribution in [0.15, 0.2) is 95.5 Å². The maximum atomic E-state index is 5.33. The van der Waals surface area contributed by atoms with E-state index in [0.717, 1.165) is 27.1 Å². The number of halogens is 1. The van der Waals surface area contributed by atoms with Gasteiger partial charge in [-0.25, -0.2) is 0 Å². The first kappa shape index (κ1) is 19.3. The maximum Gasteiger partial charge on any atom is 0.118 e. The van der Waals surface area contributed by atoms with Gasteiger partial charge in [0.25, 0.3) is 0 Å². The number of benzene rings is 4. The van der Waals surface area contributed by atoms with Crippen LogP contribution in [0.1, 0.15) is 0 Å². The fraction of sp³-hybridized carbons (Fsp3) is 0.0769. The van der Waals surface area contributed by atoms with Crippen LogP contribution in [0.4, 0.5) is 0 Å². The lowest BCUT2D eigenvalue weighted by Crippen LogP contribution is -1.89. The van der Waals surface area contributed by atoms with Crippen LogP contribution >= 0.6 is 15.9 Å². The molecule has 4 aromatic rings. The molecule has 2 nitrogen and oxygen atoms in total. The topological polar surface area (TPSA) is 18.5 Å². The van der Waals surface area contributed by atoms with Crippen LogP contribution in [0.5, 0.6) is 11.5 Å². The van der Waals surface area contributed by atoms with Gasteiger partial charge in [-0.05, 0) is 75.8 Å². The summed E-state index contributed by atoms with van der Waals surface area (Å²) in [7, 11) is 3.37. The summed E-state index contributed by atoms with van der Waals surface area (Å²) in [6.45, 7) is 0. The third kappa shape index (κ3) is 4.20. The minimum Gasteiger partial charge on any atom is -0.497 e. The average Bonchev–Trinajstić information content (AvgIpc) is 2.79. The van der Waals surface area contributed by atoms with Crippen LogP contribution < -0.4 is 9.47 Å². The highest BCUT2D eigenvalue weighted by molar-refractivity contribution is 9.10. The molecule has 0 aromatic heterocycles. The Morgan fingerprint density at radius 2 is 0.931 bits per heavy atom. The molecular weight excluding hydrogens is 424 g/mol. The SMILES string of the molecule is COc1ccc(-c2ccc(-c3ccc(Br)cc3)cc2-c2ccc(OC)cc2)cc1. The molecule has 0 saturated carbocycles. The summed E-state index contributed by atoms with van der Waals surface area (Å²) >= 11 is 3.51. The summed E-state index contributed by atoms with van der Waals surface area (Å²) in [5.41, 5.74) is 7.02. The first-order valence-corrected chi connectivity index (χ1v) is 10.2. The van der Waals surface area contributed by atoms with Crippen LogP contribution in [0.2, 0.25) is 0 Å². The van der Waals surface area contributed by atoms with Crippen LogP contribution in [0.25, 0.3) is 33.4 Å². The molecular formula is C26H21BrO2. The van der Waals surface area contributed by atoms with E-state index in [1.165, 1.54) is 22.3 Å². The Kier molecular flexibility index (Phi) is 5.68. The second-order valence-corrected chi connectivity index (χ2v) is 7.64. The molecule has 4 rings (SSSR count). The lowest BCUT2D eigenvalue weighted by Gasteiger charge is -2.14. The quantitative estimate of drug-likeness (QED) is 0.317. The summed E-state index contributed by atoms with van der Waals surface area (Å²) in [5.74, 6) is 1.70. The van der Waals surface area contributed by atoms with Gasteiger partial charge < -0.3 is 9.47 Å². The van der Waals surface area contributed by atoms with Crippen molar-refractivity contribution in [2.45, 2.75) is 0 Å². The average molecular weight is 445 g/mol. The highest BCUT2D eigenvalue weighted by Gasteiger charge is 2.11. The van der Waals surface area contributed by atoms with E-state index in [0.29, 0.717) is 0 Å². The summed E-state index contributed by atoms with van der Waals surface area (Å²) in [6.07, 6.45) is 0. The Bertz CT molecular complexity index is 1100. The van der Waals surface area contributed by atoms with Crippen molar-refractivity contribution in [2.75, 3.05) is 14.2 Å². The van der Waals surface area contributed by atoms with Gasteiger partial charge in [0.1, 0.15) is 11.5 Å². The lowest BCUT2D eigenvalue weighted by atomic mass is 9.91. The monoisotopic (exact) mass is 444 g/mol. The van der Waals surface area contributed by atoms with Crippen molar-refractivity contribution in [1.82, 2.24) is 0 Å². The molecule has 0 bridgehead atoms. The standard InChI is InChI=1S/C26H21BrO2/c1-28-23-12-5-19(6-13-23)25-16-9-21(18-3-10-22(27)11-4-18)17-26(25)20-7-14-24(29-2)15-8-20/h3-17H,1-2H3. The molecule has 0 spiro atoms. The zero-order chi connectivity index (χ0) is 20.2. The summed E-state index contributed by atoms with van der Waals surface area (Å²) in [6, 6.07) is 31.4. The summed E-state index contributed by atoms with van der Waals surface area (Å²) < 4.78 is 11.7. The minimum atomic E-state index is 0.851. The van der Waals surface area contributed by atoms with Gasteiger partial charge in [0.15, 0.2) is 0 Å². The third-order valence-corrected chi connectivity index (χ3v) is 5.53. The van der Waals surface area contributed by atoms with Crippen molar-refractivity contribution in [1.29, 1.82) is 0 Å². The highest BCUT2D eigenvalue weighted by Crippen LogP contribution is 2.37. The smallest absolute Gasteiger partial charge is 0.118 e. The van der Waals surface area contributed by atoms with E-state index >= 15 is 0 Å². The molecule has 3 heteroatoms. The maximum absolute atomic E-state index is 5.33. The van der Waals surface area contributed by atoms with E-state index in [1.54, 1.807) is 14.2 Å². The normalized spacial score (nSPS) is 10.6. The van der Waals surface area contributed by atoms with Crippen LogP contribution in [0.3, 0.4) is 0 Å². The molecule has 0 atom stereocenters. The van der Waals surface area contributed by atoms with Gasteiger partial charge in [0.2, 0.25) is 0 Å². The van der Waals surface area contributed by atoms with Gasteiger partial charge in [0.05, 0.1) is 14.2 Å². The summed E-state index contributed by atoms with van der Waals surface area (Å²) in [5, 5.41) is 0. The van der Waals surface area contributed by atoms with Crippen LogP contribution in [0, 0.1) is 0 Å². The number of hydrogen-bond donors (Lipinski definition) is 0. The fourth-order valence-corrected chi connectivity index (χ4v) is 3.66. The van der Waals surface area contributed by atoms with Gasteiger partial charge in [0, 0.05) is 4.47 Å². The predicted octanol–water partition coefficient (Wildman–Crippen LogP) is 7.47. The Hall–Kier alpha value is -3.04. The number of ether oxygens (including phenoxy) is 2. The Morgan fingerprint density at radius 1 is 0.483 bits per heavy atom. The first-order valence-electron chi connectivity index (χ1n) is 9.37. The fourth-order valence-electron chi connectivity index (χ4n) is 3.40. The zero-order valence-electron chi connectivity index (χ0n) is 16.4. The molecule has 0 amide bonds. The molecule has 0 unspecified atom stereocenters.